The van der Waals surface area contributed by atoms with E-state index >= 15 is 0 Å². The van der Waals surface area contributed by atoms with Crippen LogP contribution in [0.4, 0.5) is 0 Å². The Labute approximate surface area is 117 Å². The third-order valence-electron chi connectivity index (χ3n) is 3.46. The van der Waals surface area contributed by atoms with Gasteiger partial charge in [-0.3, -0.25) is 4.98 Å². The molecule has 6 heteroatoms. The minimum absolute atomic E-state index is 0.0428. The lowest BCUT2D eigenvalue weighted by Crippen LogP contribution is -2.36. The number of nitrogens with zero attached hydrogens (tertiary/aromatic N) is 3. The summed E-state index contributed by atoms with van der Waals surface area (Å²) < 4.78 is 10.7. The molecule has 0 amide bonds. The van der Waals surface area contributed by atoms with E-state index in [0.717, 1.165) is 31.6 Å². The highest BCUT2D eigenvalue weighted by Gasteiger charge is 2.20. The van der Waals surface area contributed by atoms with E-state index in [-0.39, 0.29) is 6.04 Å². The van der Waals surface area contributed by atoms with Crippen LogP contribution in [-0.2, 0) is 4.74 Å². The average molecular weight is 274 g/mol. The van der Waals surface area contributed by atoms with Gasteiger partial charge in [0.2, 0.25) is 11.7 Å². The maximum absolute atomic E-state index is 5.35. The molecule has 0 spiro atoms. The van der Waals surface area contributed by atoms with Crippen molar-refractivity contribution in [2.75, 3.05) is 13.2 Å². The Morgan fingerprint density at radius 2 is 2.00 bits per heavy atom. The summed E-state index contributed by atoms with van der Waals surface area (Å²) in [7, 11) is 0. The SMILES string of the molecule is CC(NC1CCOCC1)c1nc(-c2ccncc2)no1. The second kappa shape index (κ2) is 6.11. The number of rotatable bonds is 4. The Kier molecular flexibility index (Phi) is 4.03. The molecule has 6 nitrogen and oxygen atoms in total. The Morgan fingerprint density at radius 1 is 1.25 bits per heavy atom. The van der Waals surface area contributed by atoms with Crippen LogP contribution in [0, 0.1) is 0 Å². The van der Waals surface area contributed by atoms with Crippen LogP contribution in [0.5, 0.6) is 0 Å². The molecule has 1 N–H and O–H groups in total. The predicted octanol–water partition coefficient (Wildman–Crippen LogP) is 1.96. The fourth-order valence-corrected chi connectivity index (χ4v) is 2.32. The summed E-state index contributed by atoms with van der Waals surface area (Å²) in [5.41, 5.74) is 0.910. The Morgan fingerprint density at radius 3 is 2.75 bits per heavy atom. The third-order valence-corrected chi connectivity index (χ3v) is 3.46. The van der Waals surface area contributed by atoms with Crippen molar-refractivity contribution in [2.45, 2.75) is 31.8 Å². The molecular formula is C14H18N4O2. The molecule has 0 radical (unpaired) electrons. The summed E-state index contributed by atoms with van der Waals surface area (Å²) in [5.74, 6) is 1.21. The van der Waals surface area contributed by atoms with Crippen molar-refractivity contribution in [3.8, 4) is 11.4 Å². The van der Waals surface area contributed by atoms with E-state index in [0.29, 0.717) is 17.8 Å². The number of aromatic nitrogens is 3. The van der Waals surface area contributed by atoms with Crippen LogP contribution in [0.3, 0.4) is 0 Å². The minimum Gasteiger partial charge on any atom is -0.381 e. The lowest BCUT2D eigenvalue weighted by atomic mass is 10.1. The highest BCUT2D eigenvalue weighted by molar-refractivity contribution is 5.52. The first-order chi connectivity index (χ1) is 9.83. The first-order valence-electron chi connectivity index (χ1n) is 6.91. The second-order valence-corrected chi connectivity index (χ2v) is 4.97. The van der Waals surface area contributed by atoms with Gasteiger partial charge in [0.15, 0.2) is 0 Å². The van der Waals surface area contributed by atoms with Crippen LogP contribution < -0.4 is 5.32 Å². The summed E-state index contributed by atoms with van der Waals surface area (Å²) >= 11 is 0. The molecule has 0 aliphatic carbocycles. The van der Waals surface area contributed by atoms with E-state index in [9.17, 15) is 0 Å². The number of nitrogens with one attached hydrogen (secondary N) is 1. The van der Waals surface area contributed by atoms with E-state index in [2.05, 4.69) is 20.4 Å². The van der Waals surface area contributed by atoms with Crippen LogP contribution >= 0.6 is 0 Å². The molecule has 0 aromatic carbocycles. The first kappa shape index (κ1) is 13.2. The molecule has 1 aliphatic heterocycles. The molecule has 3 rings (SSSR count). The summed E-state index contributed by atoms with van der Waals surface area (Å²) in [6.45, 7) is 3.67. The van der Waals surface area contributed by atoms with Crippen molar-refractivity contribution in [2.24, 2.45) is 0 Å². The maximum Gasteiger partial charge on any atom is 0.243 e. The van der Waals surface area contributed by atoms with Gasteiger partial charge in [0, 0.05) is 37.2 Å². The molecule has 1 saturated heterocycles. The average Bonchev–Trinajstić information content (AvgIpc) is 2.99. The molecule has 2 aromatic heterocycles. The number of hydrogen-bond acceptors (Lipinski definition) is 6. The van der Waals surface area contributed by atoms with E-state index in [1.807, 2.05) is 19.1 Å². The minimum atomic E-state index is 0.0428. The van der Waals surface area contributed by atoms with Crippen LogP contribution in [-0.4, -0.2) is 34.4 Å². The summed E-state index contributed by atoms with van der Waals surface area (Å²) in [6.07, 6.45) is 5.48. The fraction of sp³-hybridized carbons (Fsp3) is 0.500. The molecule has 20 heavy (non-hydrogen) atoms. The number of hydrogen-bond donors (Lipinski definition) is 1. The van der Waals surface area contributed by atoms with E-state index in [1.165, 1.54) is 0 Å². The van der Waals surface area contributed by atoms with Gasteiger partial charge in [-0.25, -0.2) is 0 Å². The van der Waals surface area contributed by atoms with Gasteiger partial charge < -0.3 is 14.6 Å². The quantitative estimate of drug-likeness (QED) is 0.918. The third kappa shape index (κ3) is 3.02. The van der Waals surface area contributed by atoms with Crippen molar-refractivity contribution in [1.82, 2.24) is 20.4 Å². The van der Waals surface area contributed by atoms with E-state index < -0.39 is 0 Å². The monoisotopic (exact) mass is 274 g/mol. The molecule has 0 saturated carbocycles. The Bertz CT molecular complexity index is 537. The molecule has 2 aromatic rings. The largest absolute Gasteiger partial charge is 0.381 e. The zero-order chi connectivity index (χ0) is 13.8. The van der Waals surface area contributed by atoms with Crippen LogP contribution in [0.25, 0.3) is 11.4 Å². The Balaban J connectivity index is 1.66. The van der Waals surface area contributed by atoms with Gasteiger partial charge in [0.25, 0.3) is 0 Å². The molecule has 1 unspecified atom stereocenters. The smallest absolute Gasteiger partial charge is 0.243 e. The number of pyridine rings is 1. The van der Waals surface area contributed by atoms with Crippen LogP contribution in [0.2, 0.25) is 0 Å². The van der Waals surface area contributed by atoms with Crippen molar-refractivity contribution >= 4 is 0 Å². The van der Waals surface area contributed by atoms with Crippen LogP contribution in [0.15, 0.2) is 29.0 Å². The highest BCUT2D eigenvalue weighted by Crippen LogP contribution is 2.19. The van der Waals surface area contributed by atoms with Gasteiger partial charge in [0.05, 0.1) is 6.04 Å². The van der Waals surface area contributed by atoms with Gasteiger partial charge in [-0.2, -0.15) is 4.98 Å². The molecule has 1 fully saturated rings. The lowest BCUT2D eigenvalue weighted by Gasteiger charge is -2.25. The fourth-order valence-electron chi connectivity index (χ4n) is 2.32. The molecule has 1 atom stereocenters. The van der Waals surface area contributed by atoms with Gasteiger partial charge in [-0.05, 0) is 31.9 Å². The van der Waals surface area contributed by atoms with Crippen molar-refractivity contribution < 1.29 is 9.26 Å². The van der Waals surface area contributed by atoms with Gasteiger partial charge in [-0.1, -0.05) is 5.16 Å². The summed E-state index contributed by atoms with van der Waals surface area (Å²) in [5, 5.41) is 7.53. The molecular weight excluding hydrogens is 256 g/mol. The lowest BCUT2D eigenvalue weighted by molar-refractivity contribution is 0.0742. The van der Waals surface area contributed by atoms with Gasteiger partial charge in [-0.15, -0.1) is 0 Å². The zero-order valence-electron chi connectivity index (χ0n) is 11.5. The topological polar surface area (TPSA) is 73.1 Å². The highest BCUT2D eigenvalue weighted by atomic mass is 16.5. The van der Waals surface area contributed by atoms with Crippen molar-refractivity contribution in [3.63, 3.8) is 0 Å². The standard InChI is InChI=1S/C14H18N4O2/c1-10(16-12-4-8-19-9-5-12)14-17-13(18-20-14)11-2-6-15-7-3-11/h2-3,6-7,10,12,16H,4-5,8-9H2,1H3. The summed E-state index contributed by atoms with van der Waals surface area (Å²) in [6, 6.07) is 4.23. The van der Waals surface area contributed by atoms with Crippen LogP contribution in [0.1, 0.15) is 31.7 Å². The summed E-state index contributed by atoms with van der Waals surface area (Å²) in [4.78, 5) is 8.43. The van der Waals surface area contributed by atoms with E-state index in [4.69, 9.17) is 9.26 Å². The van der Waals surface area contributed by atoms with Gasteiger partial charge in [0.1, 0.15) is 0 Å². The molecule has 0 bridgehead atoms. The Hall–Kier alpha value is -1.79. The maximum atomic E-state index is 5.35. The van der Waals surface area contributed by atoms with Crippen molar-refractivity contribution in [1.29, 1.82) is 0 Å². The normalized spacial score (nSPS) is 18.1. The number of ether oxygens (including phenoxy) is 1. The van der Waals surface area contributed by atoms with E-state index in [1.54, 1.807) is 12.4 Å². The zero-order valence-corrected chi connectivity index (χ0v) is 11.5. The van der Waals surface area contributed by atoms with Gasteiger partial charge >= 0.3 is 0 Å². The first-order valence-corrected chi connectivity index (χ1v) is 6.91. The predicted molar refractivity (Wildman–Crippen MR) is 72.9 cm³/mol. The molecule has 3 heterocycles. The second-order valence-electron chi connectivity index (χ2n) is 4.97. The molecule has 1 aliphatic rings. The van der Waals surface area contributed by atoms with Crippen molar-refractivity contribution in [3.05, 3.63) is 30.4 Å². The molecule has 106 valence electrons.